The highest BCUT2D eigenvalue weighted by Gasteiger charge is 2.30. The molecule has 1 aliphatic heterocycles. The van der Waals surface area contributed by atoms with Gasteiger partial charge in [0.15, 0.2) is 5.82 Å². The molecule has 1 amide bonds. The van der Waals surface area contributed by atoms with Crippen molar-refractivity contribution in [2.75, 3.05) is 36.4 Å². The van der Waals surface area contributed by atoms with Crippen molar-refractivity contribution in [2.45, 2.75) is 72.4 Å². The van der Waals surface area contributed by atoms with Gasteiger partial charge in [-0.3, -0.25) is 24.0 Å². The molecular formula is C44H51N11O4. The van der Waals surface area contributed by atoms with E-state index >= 15 is 0 Å². The maximum atomic E-state index is 12.9. The molecular weight excluding hydrogens is 747 g/mol. The summed E-state index contributed by atoms with van der Waals surface area (Å²) >= 11 is 0. The lowest BCUT2D eigenvalue weighted by Gasteiger charge is -2.44. The molecule has 1 aliphatic rings. The van der Waals surface area contributed by atoms with Crippen molar-refractivity contribution >= 4 is 23.2 Å². The summed E-state index contributed by atoms with van der Waals surface area (Å²) in [5.41, 5.74) is 5.43. The number of benzene rings is 2. The van der Waals surface area contributed by atoms with Crippen LogP contribution in [0.2, 0.25) is 0 Å². The number of pyridine rings is 1. The van der Waals surface area contributed by atoms with E-state index in [0.29, 0.717) is 35.1 Å². The van der Waals surface area contributed by atoms with E-state index in [4.69, 9.17) is 9.51 Å². The monoisotopic (exact) mass is 797 g/mol. The third-order valence-corrected chi connectivity index (χ3v) is 10.7. The van der Waals surface area contributed by atoms with Gasteiger partial charge in [0.2, 0.25) is 0 Å². The van der Waals surface area contributed by atoms with Gasteiger partial charge in [-0.25, -0.2) is 19.7 Å². The van der Waals surface area contributed by atoms with Crippen molar-refractivity contribution in [2.24, 2.45) is 5.92 Å². The third-order valence-electron chi connectivity index (χ3n) is 10.7. The predicted molar refractivity (Wildman–Crippen MR) is 227 cm³/mol. The Kier molecular flexibility index (Phi) is 11.8. The van der Waals surface area contributed by atoms with Crippen LogP contribution in [0.5, 0.6) is 0 Å². The van der Waals surface area contributed by atoms with Gasteiger partial charge in [-0.1, -0.05) is 64.0 Å². The van der Waals surface area contributed by atoms with Gasteiger partial charge in [0.25, 0.3) is 5.56 Å². The standard InChI is InChI=1S/C44H51N11O4/c1-27(2)36-25-53(18-16-30-8-11-32(12-9-30)55-19-17-39(56)50-43(55)58)20-21-54(36)33-13-15-37(45-24-33)49-38-23-35(46-26-47-38)31-10-14-34(28(3)22-31)29(4)48-40(57)41-51-42(52-59-41)44(5,6)7/h8-15,17,19,22-24,26-27,29,36H,16,18,20-21,25H2,1-7H3,(H,48,57)(H,50,56,58)(H,45,46,47,49)/t29-,36-/m1/s1. The molecule has 0 aliphatic carbocycles. The topological polar surface area (TPSA) is 180 Å². The number of hydrogen-bond acceptors (Lipinski definition) is 12. The molecule has 0 radical (unpaired) electrons. The molecule has 2 atom stereocenters. The summed E-state index contributed by atoms with van der Waals surface area (Å²) in [6.07, 6.45) is 5.85. The highest BCUT2D eigenvalue weighted by atomic mass is 16.5. The predicted octanol–water partition coefficient (Wildman–Crippen LogP) is 5.99. The number of hydrogen-bond donors (Lipinski definition) is 3. The summed E-state index contributed by atoms with van der Waals surface area (Å²) in [5, 5.41) is 10.3. The van der Waals surface area contributed by atoms with Crippen LogP contribution in [0.25, 0.3) is 16.9 Å². The van der Waals surface area contributed by atoms with E-state index in [-0.39, 0.29) is 17.3 Å². The summed E-state index contributed by atoms with van der Waals surface area (Å²) in [4.78, 5) is 61.8. The Morgan fingerprint density at radius 2 is 1.71 bits per heavy atom. The van der Waals surface area contributed by atoms with Crippen LogP contribution in [0.4, 0.5) is 17.3 Å². The van der Waals surface area contributed by atoms with Gasteiger partial charge < -0.3 is 20.1 Å². The minimum Gasteiger partial charge on any atom is -0.364 e. The van der Waals surface area contributed by atoms with Crippen LogP contribution < -0.4 is 26.8 Å². The van der Waals surface area contributed by atoms with Crippen molar-refractivity contribution in [1.29, 1.82) is 0 Å². The van der Waals surface area contributed by atoms with Crippen LogP contribution in [0, 0.1) is 12.8 Å². The number of nitrogens with one attached hydrogen (secondary N) is 3. The maximum absolute atomic E-state index is 12.9. The first-order valence-corrected chi connectivity index (χ1v) is 19.9. The fourth-order valence-corrected chi connectivity index (χ4v) is 7.32. The van der Waals surface area contributed by atoms with Crippen LogP contribution in [0.1, 0.15) is 80.8 Å². The first kappa shape index (κ1) is 40.7. The molecule has 306 valence electrons. The van der Waals surface area contributed by atoms with Crippen LogP contribution in [-0.4, -0.2) is 77.7 Å². The third kappa shape index (κ3) is 9.63. The number of carbonyl (C=O) groups is 1. The zero-order valence-corrected chi connectivity index (χ0v) is 34.6. The number of H-pyrrole nitrogens is 1. The fourth-order valence-electron chi connectivity index (χ4n) is 7.32. The van der Waals surface area contributed by atoms with Gasteiger partial charge in [-0.15, -0.1) is 0 Å². The average molecular weight is 798 g/mol. The smallest absolute Gasteiger partial charge is 0.332 e. The number of amides is 1. The summed E-state index contributed by atoms with van der Waals surface area (Å²) in [5.74, 6) is 1.75. The molecule has 0 saturated carbocycles. The molecule has 0 unspecified atom stereocenters. The van der Waals surface area contributed by atoms with Crippen molar-refractivity contribution in [3.05, 3.63) is 135 Å². The minimum atomic E-state index is -0.451. The summed E-state index contributed by atoms with van der Waals surface area (Å²) in [7, 11) is 0. The molecule has 0 spiro atoms. The van der Waals surface area contributed by atoms with Gasteiger partial charge in [0, 0.05) is 61.5 Å². The Morgan fingerprint density at radius 1 is 0.932 bits per heavy atom. The Bertz CT molecular complexity index is 2520. The SMILES string of the molecule is Cc1cc(-c2cc(Nc3ccc(N4CCN(CCc5ccc(-n6ccc(=O)[nH]c6=O)cc5)C[C@@H]4C(C)C)cn3)ncn2)ccc1[C@@H](C)NC(=O)c1nc(C(C)(C)C)no1. The lowest BCUT2D eigenvalue weighted by molar-refractivity contribution is 0.0895. The number of nitrogens with zero attached hydrogens (tertiary/aromatic N) is 8. The Balaban J connectivity index is 0.939. The summed E-state index contributed by atoms with van der Waals surface area (Å²) < 4.78 is 6.65. The van der Waals surface area contributed by atoms with Crippen molar-refractivity contribution in [3.63, 3.8) is 0 Å². The first-order valence-electron chi connectivity index (χ1n) is 19.9. The molecule has 5 heterocycles. The zero-order valence-electron chi connectivity index (χ0n) is 34.6. The van der Waals surface area contributed by atoms with E-state index in [1.807, 2.05) is 95.4 Å². The fraction of sp³-hybridized carbons (Fsp3) is 0.364. The van der Waals surface area contributed by atoms with Gasteiger partial charge in [0.05, 0.1) is 29.3 Å². The summed E-state index contributed by atoms with van der Waals surface area (Å²) in [6, 6.07) is 21.3. The number of rotatable bonds is 12. The van der Waals surface area contributed by atoms with Gasteiger partial charge in [-0.05, 0) is 73.2 Å². The molecule has 6 aromatic rings. The quantitative estimate of drug-likeness (QED) is 0.132. The molecule has 3 N–H and O–H groups in total. The minimum absolute atomic E-state index is 0.0563. The molecule has 1 saturated heterocycles. The lowest BCUT2D eigenvalue weighted by atomic mass is 9.96. The van der Waals surface area contributed by atoms with E-state index in [1.165, 1.54) is 28.7 Å². The van der Waals surface area contributed by atoms with E-state index in [2.05, 4.69) is 65.4 Å². The molecule has 59 heavy (non-hydrogen) atoms. The van der Waals surface area contributed by atoms with Crippen molar-refractivity contribution in [3.8, 4) is 16.9 Å². The van der Waals surface area contributed by atoms with Crippen LogP contribution in [-0.2, 0) is 11.8 Å². The number of aromatic nitrogens is 7. The van der Waals surface area contributed by atoms with E-state index in [9.17, 15) is 14.4 Å². The Hall–Kier alpha value is -6.48. The molecule has 15 nitrogen and oxygen atoms in total. The van der Waals surface area contributed by atoms with E-state index in [1.54, 1.807) is 0 Å². The van der Waals surface area contributed by atoms with Gasteiger partial charge >= 0.3 is 17.5 Å². The van der Waals surface area contributed by atoms with E-state index in [0.717, 1.165) is 60.7 Å². The zero-order chi connectivity index (χ0) is 41.8. The van der Waals surface area contributed by atoms with Crippen LogP contribution in [0.3, 0.4) is 0 Å². The molecule has 0 bridgehead atoms. The number of piperazine rings is 1. The van der Waals surface area contributed by atoms with Crippen LogP contribution >= 0.6 is 0 Å². The van der Waals surface area contributed by atoms with Crippen LogP contribution in [0.15, 0.2) is 99.6 Å². The second-order valence-corrected chi connectivity index (χ2v) is 16.5. The normalized spacial score (nSPS) is 15.3. The Morgan fingerprint density at radius 3 is 2.39 bits per heavy atom. The van der Waals surface area contributed by atoms with Gasteiger partial charge in [-0.2, -0.15) is 4.98 Å². The average Bonchev–Trinajstić information content (AvgIpc) is 3.73. The van der Waals surface area contributed by atoms with Crippen molar-refractivity contribution in [1.82, 2.24) is 44.9 Å². The number of aromatic amines is 1. The van der Waals surface area contributed by atoms with Gasteiger partial charge in [0.1, 0.15) is 18.0 Å². The maximum Gasteiger partial charge on any atom is 0.332 e. The first-order chi connectivity index (χ1) is 28.2. The highest BCUT2D eigenvalue weighted by Crippen LogP contribution is 2.29. The molecule has 7 rings (SSSR count). The second-order valence-electron chi connectivity index (χ2n) is 16.5. The van der Waals surface area contributed by atoms with E-state index < -0.39 is 17.2 Å². The summed E-state index contributed by atoms with van der Waals surface area (Å²) in [6.45, 7) is 18.0. The highest BCUT2D eigenvalue weighted by molar-refractivity contribution is 5.89. The largest absolute Gasteiger partial charge is 0.364 e. The molecule has 1 fully saturated rings. The number of anilines is 3. The van der Waals surface area contributed by atoms with Crippen molar-refractivity contribution < 1.29 is 9.32 Å². The Labute approximate surface area is 343 Å². The number of aryl methyl sites for hydroxylation is 1. The molecule has 2 aromatic carbocycles. The molecule has 15 heteroatoms. The lowest BCUT2D eigenvalue weighted by Crippen LogP contribution is -2.55. The number of carbonyl (C=O) groups excluding carboxylic acids is 1. The molecule has 4 aromatic heterocycles. The second kappa shape index (κ2) is 17.2.